The van der Waals surface area contributed by atoms with Gasteiger partial charge in [0.15, 0.2) is 0 Å². The van der Waals surface area contributed by atoms with Crippen LogP contribution in [0, 0.1) is 0 Å². The number of rotatable bonds is 5. The fourth-order valence-corrected chi connectivity index (χ4v) is 1.30. The lowest BCUT2D eigenvalue weighted by atomic mass is 10.0. The van der Waals surface area contributed by atoms with Gasteiger partial charge in [0.1, 0.15) is 0 Å². The Morgan fingerprint density at radius 1 is 1.43 bits per heavy atom. The summed E-state index contributed by atoms with van der Waals surface area (Å²) in [6, 6.07) is 10.0. The Bertz CT molecular complexity index is 285. The van der Waals surface area contributed by atoms with Crippen molar-refractivity contribution in [2.45, 2.75) is 12.8 Å². The highest BCUT2D eigenvalue weighted by atomic mass is 16.4. The third kappa shape index (κ3) is 3.58. The van der Waals surface area contributed by atoms with Crippen molar-refractivity contribution < 1.29 is 9.90 Å². The number of carbonyl (C=O) groups is 1. The molecule has 3 nitrogen and oxygen atoms in total. The second kappa shape index (κ2) is 5.40. The Kier molecular flexibility index (Phi) is 4.13. The summed E-state index contributed by atoms with van der Waals surface area (Å²) in [5.41, 5.74) is 1.23. The highest BCUT2D eigenvalue weighted by Gasteiger charge is 2.04. The van der Waals surface area contributed by atoms with E-state index in [1.54, 1.807) is 0 Å². The summed E-state index contributed by atoms with van der Waals surface area (Å²) in [6.07, 6.45) is 0. The molecule has 0 radical (unpaired) electrons. The maximum atomic E-state index is 10.3. The zero-order valence-corrected chi connectivity index (χ0v) is 8.23. The smallest absolute Gasteiger partial charge is 0.317 e. The average molecular weight is 193 g/mol. The molecule has 0 saturated heterocycles. The molecule has 0 aliphatic heterocycles. The van der Waals surface area contributed by atoms with Crippen molar-refractivity contribution in [3.05, 3.63) is 35.9 Å². The fraction of sp³-hybridized carbons (Fsp3) is 0.364. The normalized spacial score (nSPS) is 12.4. The number of carboxylic acids is 1. The van der Waals surface area contributed by atoms with Gasteiger partial charge in [-0.25, -0.2) is 0 Å². The van der Waals surface area contributed by atoms with E-state index in [0.717, 1.165) is 0 Å². The zero-order valence-electron chi connectivity index (χ0n) is 8.23. The van der Waals surface area contributed by atoms with Crippen LogP contribution in [0.3, 0.4) is 0 Å². The quantitative estimate of drug-likeness (QED) is 0.744. The van der Waals surface area contributed by atoms with Crippen molar-refractivity contribution in [1.29, 1.82) is 0 Å². The molecule has 1 rings (SSSR count). The lowest BCUT2D eigenvalue weighted by molar-refractivity contribution is -0.135. The Balaban J connectivity index is 2.36. The second-order valence-electron chi connectivity index (χ2n) is 3.34. The monoisotopic (exact) mass is 193 g/mol. The topological polar surface area (TPSA) is 49.3 Å². The molecule has 1 aromatic carbocycles. The number of nitrogens with one attached hydrogen (secondary N) is 1. The van der Waals surface area contributed by atoms with E-state index in [1.165, 1.54) is 5.56 Å². The predicted molar refractivity (Wildman–Crippen MR) is 55.4 cm³/mol. The maximum Gasteiger partial charge on any atom is 0.317 e. The first-order chi connectivity index (χ1) is 6.70. The standard InChI is InChI=1S/C11H15NO2/c1-9(7-12-8-11(13)14)10-5-3-2-4-6-10/h2-6,9,12H,7-8H2,1H3,(H,13,14). The van der Waals surface area contributed by atoms with Crippen LogP contribution >= 0.6 is 0 Å². The fourth-order valence-electron chi connectivity index (χ4n) is 1.30. The van der Waals surface area contributed by atoms with Crippen LogP contribution in [0.2, 0.25) is 0 Å². The van der Waals surface area contributed by atoms with Crippen molar-refractivity contribution in [3.63, 3.8) is 0 Å². The van der Waals surface area contributed by atoms with Crippen LogP contribution in [-0.2, 0) is 4.79 Å². The second-order valence-corrected chi connectivity index (χ2v) is 3.34. The molecule has 2 N–H and O–H groups in total. The summed E-state index contributed by atoms with van der Waals surface area (Å²) in [4.78, 5) is 10.3. The summed E-state index contributed by atoms with van der Waals surface area (Å²) in [5, 5.41) is 11.3. The summed E-state index contributed by atoms with van der Waals surface area (Å²) in [7, 11) is 0. The van der Waals surface area contributed by atoms with E-state index in [4.69, 9.17) is 5.11 Å². The molecule has 0 aromatic heterocycles. The summed E-state index contributed by atoms with van der Waals surface area (Å²) >= 11 is 0. The van der Waals surface area contributed by atoms with E-state index in [1.807, 2.05) is 30.3 Å². The Labute approximate surface area is 83.8 Å². The van der Waals surface area contributed by atoms with Crippen LogP contribution in [0.4, 0.5) is 0 Å². The number of hydrogen-bond donors (Lipinski definition) is 2. The third-order valence-electron chi connectivity index (χ3n) is 2.10. The van der Waals surface area contributed by atoms with Crippen LogP contribution in [0.5, 0.6) is 0 Å². The first-order valence-electron chi connectivity index (χ1n) is 4.67. The van der Waals surface area contributed by atoms with Gasteiger partial charge in [0, 0.05) is 6.54 Å². The molecule has 0 aliphatic carbocycles. The van der Waals surface area contributed by atoms with Crippen molar-refractivity contribution in [3.8, 4) is 0 Å². The van der Waals surface area contributed by atoms with Crippen molar-refractivity contribution in [2.24, 2.45) is 0 Å². The number of carboxylic acid groups (broad SMARTS) is 1. The van der Waals surface area contributed by atoms with E-state index in [-0.39, 0.29) is 6.54 Å². The molecule has 0 amide bonds. The molecule has 76 valence electrons. The van der Waals surface area contributed by atoms with Gasteiger partial charge in [-0.1, -0.05) is 37.3 Å². The van der Waals surface area contributed by atoms with Crippen LogP contribution in [-0.4, -0.2) is 24.2 Å². The van der Waals surface area contributed by atoms with Crippen LogP contribution < -0.4 is 5.32 Å². The van der Waals surface area contributed by atoms with Gasteiger partial charge in [0.2, 0.25) is 0 Å². The molecule has 3 heteroatoms. The predicted octanol–water partition coefficient (Wildman–Crippen LogP) is 1.46. The molecular weight excluding hydrogens is 178 g/mol. The zero-order chi connectivity index (χ0) is 10.4. The van der Waals surface area contributed by atoms with E-state index in [0.29, 0.717) is 12.5 Å². The Morgan fingerprint density at radius 3 is 2.64 bits per heavy atom. The third-order valence-corrected chi connectivity index (χ3v) is 2.10. The summed E-state index contributed by atoms with van der Waals surface area (Å²) < 4.78 is 0. The van der Waals surface area contributed by atoms with Gasteiger partial charge in [-0.2, -0.15) is 0 Å². The van der Waals surface area contributed by atoms with Crippen LogP contribution in [0.15, 0.2) is 30.3 Å². The first kappa shape index (κ1) is 10.7. The van der Waals surface area contributed by atoms with Gasteiger partial charge in [0.05, 0.1) is 6.54 Å². The van der Waals surface area contributed by atoms with Crippen LogP contribution in [0.25, 0.3) is 0 Å². The average Bonchev–Trinajstić information content (AvgIpc) is 2.18. The molecular formula is C11H15NO2. The minimum absolute atomic E-state index is 0.0250. The van der Waals surface area contributed by atoms with Crippen molar-refractivity contribution >= 4 is 5.97 Å². The largest absolute Gasteiger partial charge is 0.480 e. The van der Waals surface area contributed by atoms with Crippen LogP contribution in [0.1, 0.15) is 18.4 Å². The highest BCUT2D eigenvalue weighted by molar-refractivity contribution is 5.68. The van der Waals surface area contributed by atoms with Gasteiger partial charge in [-0.15, -0.1) is 0 Å². The summed E-state index contributed by atoms with van der Waals surface area (Å²) in [5.74, 6) is -0.471. The first-order valence-corrected chi connectivity index (χ1v) is 4.67. The molecule has 0 fully saturated rings. The van der Waals surface area contributed by atoms with Gasteiger partial charge in [-0.05, 0) is 11.5 Å². The number of benzene rings is 1. The van der Waals surface area contributed by atoms with E-state index < -0.39 is 5.97 Å². The lowest BCUT2D eigenvalue weighted by Crippen LogP contribution is -2.26. The summed E-state index contributed by atoms with van der Waals surface area (Å²) in [6.45, 7) is 2.79. The van der Waals surface area contributed by atoms with E-state index in [2.05, 4.69) is 12.2 Å². The molecule has 0 bridgehead atoms. The SMILES string of the molecule is CC(CNCC(=O)O)c1ccccc1. The van der Waals surface area contributed by atoms with Gasteiger partial charge in [0.25, 0.3) is 0 Å². The molecule has 14 heavy (non-hydrogen) atoms. The number of aliphatic carboxylic acids is 1. The molecule has 1 atom stereocenters. The van der Waals surface area contributed by atoms with Gasteiger partial charge >= 0.3 is 5.97 Å². The minimum Gasteiger partial charge on any atom is -0.480 e. The van der Waals surface area contributed by atoms with E-state index in [9.17, 15) is 4.79 Å². The van der Waals surface area contributed by atoms with Crippen molar-refractivity contribution in [2.75, 3.05) is 13.1 Å². The molecule has 0 saturated carbocycles. The maximum absolute atomic E-state index is 10.3. The molecule has 1 unspecified atom stereocenters. The molecule has 0 aliphatic rings. The van der Waals surface area contributed by atoms with Gasteiger partial charge < -0.3 is 10.4 Å². The molecule has 0 spiro atoms. The van der Waals surface area contributed by atoms with Gasteiger partial charge in [-0.3, -0.25) is 4.79 Å². The Morgan fingerprint density at radius 2 is 2.07 bits per heavy atom. The Hall–Kier alpha value is -1.35. The molecule has 0 heterocycles. The lowest BCUT2D eigenvalue weighted by Gasteiger charge is -2.11. The van der Waals surface area contributed by atoms with E-state index >= 15 is 0 Å². The highest BCUT2D eigenvalue weighted by Crippen LogP contribution is 2.12. The van der Waals surface area contributed by atoms with Crippen molar-refractivity contribution in [1.82, 2.24) is 5.32 Å². The minimum atomic E-state index is -0.815. The number of hydrogen-bond acceptors (Lipinski definition) is 2. The molecule has 1 aromatic rings.